The van der Waals surface area contributed by atoms with E-state index in [1.54, 1.807) is 0 Å². The molecule has 2 N–H and O–H groups in total. The molecule has 0 saturated heterocycles. The van der Waals surface area contributed by atoms with Gasteiger partial charge in [-0.1, -0.05) is 28.1 Å². The van der Waals surface area contributed by atoms with Gasteiger partial charge in [0.05, 0.1) is 0 Å². The molecular formula is C13H19BrN2. The molecule has 1 aromatic carbocycles. The maximum atomic E-state index is 5.85. The predicted octanol–water partition coefficient (Wildman–Crippen LogP) is 2.62. The van der Waals surface area contributed by atoms with E-state index in [1.165, 1.54) is 18.4 Å². The summed E-state index contributed by atoms with van der Waals surface area (Å²) in [6, 6.07) is 9.05. The van der Waals surface area contributed by atoms with Gasteiger partial charge in [-0.15, -0.1) is 0 Å². The van der Waals surface area contributed by atoms with Gasteiger partial charge in [-0.25, -0.2) is 0 Å². The van der Waals surface area contributed by atoms with Crippen molar-refractivity contribution in [2.45, 2.75) is 25.4 Å². The topological polar surface area (TPSA) is 29.3 Å². The molecule has 0 amide bonds. The standard InChI is InChI=1S/C13H19BrN2/c1-16(13(8-15)11-5-6-11)9-10-3-2-4-12(14)7-10/h2-4,7,11,13H,5-6,8-9,15H2,1H3. The van der Waals surface area contributed by atoms with E-state index >= 15 is 0 Å². The predicted molar refractivity (Wildman–Crippen MR) is 71.2 cm³/mol. The summed E-state index contributed by atoms with van der Waals surface area (Å²) in [7, 11) is 2.18. The summed E-state index contributed by atoms with van der Waals surface area (Å²) in [6.45, 7) is 1.76. The summed E-state index contributed by atoms with van der Waals surface area (Å²) in [4.78, 5) is 2.39. The Morgan fingerprint density at radius 1 is 1.50 bits per heavy atom. The van der Waals surface area contributed by atoms with Crippen molar-refractivity contribution < 1.29 is 0 Å². The van der Waals surface area contributed by atoms with Crippen molar-refractivity contribution >= 4 is 15.9 Å². The largest absolute Gasteiger partial charge is 0.329 e. The Morgan fingerprint density at radius 3 is 2.81 bits per heavy atom. The molecule has 0 heterocycles. The van der Waals surface area contributed by atoms with Gasteiger partial charge in [0, 0.05) is 23.6 Å². The van der Waals surface area contributed by atoms with Crippen LogP contribution < -0.4 is 5.73 Å². The second kappa shape index (κ2) is 5.30. The second-order valence-corrected chi connectivity index (χ2v) is 5.60. The van der Waals surface area contributed by atoms with E-state index in [9.17, 15) is 0 Å². The van der Waals surface area contributed by atoms with Gasteiger partial charge >= 0.3 is 0 Å². The van der Waals surface area contributed by atoms with Crippen molar-refractivity contribution in [1.82, 2.24) is 4.90 Å². The summed E-state index contributed by atoms with van der Waals surface area (Å²) in [5.41, 5.74) is 7.19. The highest BCUT2D eigenvalue weighted by Crippen LogP contribution is 2.34. The molecule has 1 aromatic rings. The summed E-state index contributed by atoms with van der Waals surface area (Å²) in [5, 5.41) is 0. The first-order chi connectivity index (χ1) is 7.70. The number of hydrogen-bond acceptors (Lipinski definition) is 2. The molecule has 1 aliphatic rings. The molecule has 0 spiro atoms. The fourth-order valence-electron chi connectivity index (χ4n) is 2.25. The van der Waals surface area contributed by atoms with Crippen LogP contribution in [-0.2, 0) is 6.54 Å². The van der Waals surface area contributed by atoms with E-state index in [1.807, 2.05) is 0 Å². The number of halogens is 1. The summed E-state index contributed by atoms with van der Waals surface area (Å²) in [6.07, 6.45) is 2.70. The van der Waals surface area contributed by atoms with Crippen molar-refractivity contribution in [2.24, 2.45) is 11.7 Å². The van der Waals surface area contributed by atoms with Gasteiger partial charge in [0.25, 0.3) is 0 Å². The zero-order valence-electron chi connectivity index (χ0n) is 9.70. The molecule has 0 radical (unpaired) electrons. The Hall–Kier alpha value is -0.380. The third kappa shape index (κ3) is 3.06. The molecule has 1 saturated carbocycles. The number of nitrogens with two attached hydrogens (primary N) is 1. The SMILES string of the molecule is CN(Cc1cccc(Br)c1)C(CN)C1CC1. The smallest absolute Gasteiger partial charge is 0.0247 e. The summed E-state index contributed by atoms with van der Waals surface area (Å²) in [5.74, 6) is 0.835. The van der Waals surface area contributed by atoms with Gasteiger partial charge in [-0.2, -0.15) is 0 Å². The second-order valence-electron chi connectivity index (χ2n) is 4.69. The zero-order valence-corrected chi connectivity index (χ0v) is 11.3. The van der Waals surface area contributed by atoms with Gasteiger partial charge in [0.1, 0.15) is 0 Å². The van der Waals surface area contributed by atoms with E-state index in [0.717, 1.165) is 23.5 Å². The molecule has 88 valence electrons. The molecule has 0 aliphatic heterocycles. The highest BCUT2D eigenvalue weighted by atomic mass is 79.9. The molecule has 1 aliphatic carbocycles. The fraction of sp³-hybridized carbons (Fsp3) is 0.538. The van der Waals surface area contributed by atoms with Crippen LogP contribution >= 0.6 is 15.9 Å². The molecular weight excluding hydrogens is 264 g/mol. The van der Waals surface area contributed by atoms with Crippen LogP contribution in [-0.4, -0.2) is 24.5 Å². The maximum absolute atomic E-state index is 5.85. The van der Waals surface area contributed by atoms with Crippen LogP contribution in [0.1, 0.15) is 18.4 Å². The molecule has 1 fully saturated rings. The third-order valence-corrected chi connectivity index (χ3v) is 3.79. The Labute approximate surface area is 106 Å². The molecule has 1 atom stereocenters. The average molecular weight is 283 g/mol. The van der Waals surface area contributed by atoms with Gasteiger partial charge in [-0.05, 0) is 43.5 Å². The zero-order chi connectivity index (χ0) is 11.5. The molecule has 1 unspecified atom stereocenters. The van der Waals surface area contributed by atoms with Gasteiger partial charge in [0.15, 0.2) is 0 Å². The first-order valence-corrected chi connectivity index (χ1v) is 6.64. The lowest BCUT2D eigenvalue weighted by Gasteiger charge is -2.27. The molecule has 2 nitrogen and oxygen atoms in total. The molecule has 16 heavy (non-hydrogen) atoms. The molecule has 0 bridgehead atoms. The normalized spacial score (nSPS) is 17.8. The van der Waals surface area contributed by atoms with E-state index < -0.39 is 0 Å². The number of likely N-dealkylation sites (N-methyl/N-ethyl adjacent to an activating group) is 1. The van der Waals surface area contributed by atoms with E-state index in [0.29, 0.717) is 6.04 Å². The number of hydrogen-bond donors (Lipinski definition) is 1. The van der Waals surface area contributed by atoms with Crippen molar-refractivity contribution in [1.29, 1.82) is 0 Å². The van der Waals surface area contributed by atoms with Crippen molar-refractivity contribution in [3.8, 4) is 0 Å². The fourth-order valence-corrected chi connectivity index (χ4v) is 2.70. The third-order valence-electron chi connectivity index (χ3n) is 3.29. The Bertz CT molecular complexity index is 350. The van der Waals surface area contributed by atoms with Crippen LogP contribution in [0.5, 0.6) is 0 Å². The highest BCUT2D eigenvalue weighted by molar-refractivity contribution is 9.10. The quantitative estimate of drug-likeness (QED) is 0.900. The lowest BCUT2D eigenvalue weighted by molar-refractivity contribution is 0.215. The molecule has 3 heteroatoms. The Balaban J connectivity index is 1.97. The Morgan fingerprint density at radius 2 is 2.25 bits per heavy atom. The van der Waals surface area contributed by atoms with Crippen LogP contribution in [0.4, 0.5) is 0 Å². The minimum absolute atomic E-state index is 0.555. The molecule has 0 aromatic heterocycles. The van der Waals surface area contributed by atoms with E-state index in [4.69, 9.17) is 5.73 Å². The Kier molecular flexibility index (Phi) is 4.00. The number of rotatable bonds is 5. The maximum Gasteiger partial charge on any atom is 0.0247 e. The lowest BCUT2D eigenvalue weighted by Crippen LogP contribution is -2.39. The minimum atomic E-state index is 0.555. The highest BCUT2D eigenvalue weighted by Gasteiger charge is 2.32. The summed E-state index contributed by atoms with van der Waals surface area (Å²) < 4.78 is 1.15. The van der Waals surface area contributed by atoms with Crippen LogP contribution in [0.3, 0.4) is 0 Å². The van der Waals surface area contributed by atoms with Crippen molar-refractivity contribution in [2.75, 3.05) is 13.6 Å². The van der Waals surface area contributed by atoms with Gasteiger partial charge in [-0.3, -0.25) is 4.90 Å². The molecule has 2 rings (SSSR count). The van der Waals surface area contributed by atoms with Crippen LogP contribution in [0.15, 0.2) is 28.7 Å². The monoisotopic (exact) mass is 282 g/mol. The van der Waals surface area contributed by atoms with E-state index in [2.05, 4.69) is 52.1 Å². The van der Waals surface area contributed by atoms with Crippen molar-refractivity contribution in [3.63, 3.8) is 0 Å². The van der Waals surface area contributed by atoms with Gasteiger partial charge in [0.2, 0.25) is 0 Å². The van der Waals surface area contributed by atoms with Crippen LogP contribution in [0, 0.1) is 5.92 Å². The average Bonchev–Trinajstić information content (AvgIpc) is 3.03. The van der Waals surface area contributed by atoms with Crippen LogP contribution in [0.25, 0.3) is 0 Å². The van der Waals surface area contributed by atoms with Crippen molar-refractivity contribution in [3.05, 3.63) is 34.3 Å². The van der Waals surface area contributed by atoms with E-state index in [-0.39, 0.29) is 0 Å². The lowest BCUT2D eigenvalue weighted by atomic mass is 10.1. The number of nitrogens with zero attached hydrogens (tertiary/aromatic N) is 1. The number of benzene rings is 1. The first kappa shape index (κ1) is 12.1. The van der Waals surface area contributed by atoms with Crippen LogP contribution in [0.2, 0.25) is 0 Å². The summed E-state index contributed by atoms with van der Waals surface area (Å²) >= 11 is 3.50. The van der Waals surface area contributed by atoms with Gasteiger partial charge < -0.3 is 5.73 Å². The first-order valence-electron chi connectivity index (χ1n) is 5.85. The minimum Gasteiger partial charge on any atom is -0.329 e.